The van der Waals surface area contributed by atoms with Gasteiger partial charge in [0, 0.05) is 12.2 Å². The van der Waals surface area contributed by atoms with Crippen molar-refractivity contribution in [2.24, 2.45) is 0 Å². The van der Waals surface area contributed by atoms with Gasteiger partial charge >= 0.3 is 0 Å². The normalized spacial score (nSPS) is 10.8. The van der Waals surface area contributed by atoms with Crippen molar-refractivity contribution in [1.29, 1.82) is 0 Å². The highest BCUT2D eigenvalue weighted by molar-refractivity contribution is 5.80. The zero-order chi connectivity index (χ0) is 13.2. The van der Waals surface area contributed by atoms with E-state index in [9.17, 15) is 4.39 Å². The Morgan fingerprint density at radius 3 is 2.74 bits per heavy atom. The second-order valence-corrected chi connectivity index (χ2v) is 4.34. The fraction of sp³-hybridized carbons (Fsp3) is 0.0714. The van der Waals surface area contributed by atoms with Crippen LogP contribution in [0.4, 0.5) is 16.0 Å². The number of anilines is 2. The van der Waals surface area contributed by atoms with E-state index in [0.29, 0.717) is 18.2 Å². The highest BCUT2D eigenvalue weighted by Gasteiger charge is 2.02. The first-order chi connectivity index (χ1) is 9.20. The summed E-state index contributed by atoms with van der Waals surface area (Å²) in [6.45, 7) is 0.579. The van der Waals surface area contributed by atoms with Crippen LogP contribution in [-0.2, 0) is 6.54 Å². The van der Waals surface area contributed by atoms with Gasteiger partial charge in [0.25, 0.3) is 0 Å². The lowest BCUT2D eigenvalue weighted by Crippen LogP contribution is -2.00. The van der Waals surface area contributed by atoms with Gasteiger partial charge in [0.05, 0.1) is 11.0 Å². The maximum Gasteiger partial charge on any atom is 0.201 e. The molecule has 4 N–H and O–H groups in total. The number of aromatic nitrogens is 2. The van der Waals surface area contributed by atoms with Crippen LogP contribution in [0.2, 0.25) is 0 Å². The Hall–Kier alpha value is -2.56. The van der Waals surface area contributed by atoms with E-state index in [4.69, 9.17) is 5.73 Å². The lowest BCUT2D eigenvalue weighted by molar-refractivity contribution is 0.627. The number of nitrogens with zero attached hydrogens (tertiary/aromatic N) is 1. The quantitative estimate of drug-likeness (QED) is 0.631. The summed E-state index contributed by atoms with van der Waals surface area (Å²) in [5.74, 6) is 0.438. The molecule has 0 unspecified atom stereocenters. The first-order valence-electron chi connectivity index (χ1n) is 5.94. The number of hydrogen-bond donors (Lipinski definition) is 3. The van der Waals surface area contributed by atoms with Crippen LogP contribution >= 0.6 is 0 Å². The molecule has 0 amide bonds. The zero-order valence-electron chi connectivity index (χ0n) is 10.2. The summed E-state index contributed by atoms with van der Waals surface area (Å²) in [5.41, 5.74) is 9.14. The van der Waals surface area contributed by atoms with Crippen molar-refractivity contribution in [3.8, 4) is 0 Å². The van der Waals surface area contributed by atoms with Crippen LogP contribution in [0.1, 0.15) is 5.56 Å². The van der Waals surface area contributed by atoms with E-state index in [-0.39, 0.29) is 5.82 Å². The number of imidazole rings is 1. The number of nitrogen functional groups attached to an aromatic ring is 1. The van der Waals surface area contributed by atoms with Crippen molar-refractivity contribution in [3.05, 3.63) is 53.8 Å². The van der Waals surface area contributed by atoms with Gasteiger partial charge in [0.1, 0.15) is 5.82 Å². The number of aromatic amines is 1. The lowest BCUT2D eigenvalue weighted by atomic mass is 10.2. The average molecular weight is 256 g/mol. The van der Waals surface area contributed by atoms with Crippen LogP contribution in [0, 0.1) is 5.82 Å². The van der Waals surface area contributed by atoms with Crippen LogP contribution in [0.15, 0.2) is 42.5 Å². The Labute approximate surface area is 109 Å². The summed E-state index contributed by atoms with van der Waals surface area (Å²) < 4.78 is 12.8. The van der Waals surface area contributed by atoms with E-state index in [1.54, 1.807) is 12.1 Å². The molecule has 1 heterocycles. The number of fused-ring (bicyclic) bond motifs is 1. The molecule has 19 heavy (non-hydrogen) atoms. The maximum atomic E-state index is 12.8. The molecule has 5 heteroatoms. The summed E-state index contributed by atoms with van der Waals surface area (Å²) in [4.78, 5) is 7.53. The number of hydrogen-bond acceptors (Lipinski definition) is 3. The summed E-state index contributed by atoms with van der Waals surface area (Å²) in [7, 11) is 0. The molecule has 0 atom stereocenters. The predicted molar refractivity (Wildman–Crippen MR) is 74.2 cm³/mol. The molecule has 0 bridgehead atoms. The predicted octanol–water partition coefficient (Wildman–Crippen LogP) is 2.90. The number of H-pyrrole nitrogens is 1. The molecule has 1 aromatic heterocycles. The van der Waals surface area contributed by atoms with E-state index in [2.05, 4.69) is 15.3 Å². The molecule has 4 nitrogen and oxygen atoms in total. The van der Waals surface area contributed by atoms with Gasteiger partial charge in [-0.15, -0.1) is 0 Å². The third-order valence-corrected chi connectivity index (χ3v) is 2.88. The third-order valence-electron chi connectivity index (χ3n) is 2.88. The molecule has 96 valence electrons. The Morgan fingerprint density at radius 2 is 1.95 bits per heavy atom. The molecule has 2 aromatic carbocycles. The second-order valence-electron chi connectivity index (χ2n) is 4.34. The molecule has 0 saturated heterocycles. The van der Waals surface area contributed by atoms with Gasteiger partial charge < -0.3 is 16.0 Å². The zero-order valence-corrected chi connectivity index (χ0v) is 10.2. The molecular formula is C14H13FN4. The van der Waals surface area contributed by atoms with E-state index < -0.39 is 0 Å². The van der Waals surface area contributed by atoms with Crippen molar-refractivity contribution in [3.63, 3.8) is 0 Å². The fourth-order valence-electron chi connectivity index (χ4n) is 1.90. The van der Waals surface area contributed by atoms with Gasteiger partial charge in [-0.25, -0.2) is 9.37 Å². The summed E-state index contributed by atoms with van der Waals surface area (Å²) in [6, 6.07) is 11.9. The number of benzene rings is 2. The molecule has 3 rings (SSSR count). The van der Waals surface area contributed by atoms with Crippen molar-refractivity contribution in [2.75, 3.05) is 11.1 Å². The highest BCUT2D eigenvalue weighted by atomic mass is 19.1. The first-order valence-corrected chi connectivity index (χ1v) is 5.94. The van der Waals surface area contributed by atoms with E-state index in [0.717, 1.165) is 16.6 Å². The van der Waals surface area contributed by atoms with Crippen molar-refractivity contribution < 1.29 is 4.39 Å². The van der Waals surface area contributed by atoms with E-state index in [1.165, 1.54) is 12.1 Å². The van der Waals surface area contributed by atoms with Gasteiger partial charge in [-0.1, -0.05) is 12.1 Å². The molecular weight excluding hydrogens is 243 g/mol. The number of nitrogens with two attached hydrogens (primary N) is 1. The minimum Gasteiger partial charge on any atom is -0.399 e. The molecule has 0 aliphatic heterocycles. The van der Waals surface area contributed by atoms with E-state index >= 15 is 0 Å². The summed E-state index contributed by atoms with van der Waals surface area (Å²) in [6.07, 6.45) is 0. The van der Waals surface area contributed by atoms with Crippen molar-refractivity contribution in [2.45, 2.75) is 6.54 Å². The van der Waals surface area contributed by atoms with Gasteiger partial charge in [0.15, 0.2) is 0 Å². The van der Waals surface area contributed by atoms with Gasteiger partial charge in [0.2, 0.25) is 5.95 Å². The largest absolute Gasteiger partial charge is 0.399 e. The Kier molecular flexibility index (Phi) is 2.79. The van der Waals surface area contributed by atoms with Gasteiger partial charge in [-0.2, -0.15) is 0 Å². The van der Waals surface area contributed by atoms with Crippen molar-refractivity contribution >= 4 is 22.7 Å². The minimum atomic E-state index is -0.233. The Balaban J connectivity index is 1.76. The van der Waals surface area contributed by atoms with Crippen LogP contribution in [0.25, 0.3) is 11.0 Å². The monoisotopic (exact) mass is 256 g/mol. The molecule has 0 spiro atoms. The topological polar surface area (TPSA) is 66.7 Å². The number of nitrogens with one attached hydrogen (secondary N) is 2. The van der Waals surface area contributed by atoms with Gasteiger partial charge in [-0.05, 0) is 35.9 Å². The third kappa shape index (κ3) is 2.49. The molecule has 0 aliphatic carbocycles. The second kappa shape index (κ2) is 4.61. The maximum absolute atomic E-state index is 12.8. The summed E-state index contributed by atoms with van der Waals surface area (Å²) >= 11 is 0. The summed E-state index contributed by atoms with van der Waals surface area (Å²) in [5, 5.41) is 3.16. The Bertz CT molecular complexity index is 703. The molecule has 0 saturated carbocycles. The van der Waals surface area contributed by atoms with Crippen LogP contribution < -0.4 is 11.1 Å². The number of rotatable bonds is 3. The Morgan fingerprint density at radius 1 is 1.16 bits per heavy atom. The SMILES string of the molecule is Nc1ccc2nc(NCc3ccc(F)cc3)[nH]c2c1. The highest BCUT2D eigenvalue weighted by Crippen LogP contribution is 2.17. The fourth-order valence-corrected chi connectivity index (χ4v) is 1.90. The first kappa shape index (κ1) is 11.5. The van der Waals surface area contributed by atoms with Crippen LogP contribution in [0.3, 0.4) is 0 Å². The molecule has 0 fully saturated rings. The van der Waals surface area contributed by atoms with Crippen molar-refractivity contribution in [1.82, 2.24) is 9.97 Å². The van der Waals surface area contributed by atoms with Crippen LogP contribution in [0.5, 0.6) is 0 Å². The average Bonchev–Trinajstić information content (AvgIpc) is 2.80. The smallest absolute Gasteiger partial charge is 0.201 e. The molecule has 0 aliphatic rings. The lowest BCUT2D eigenvalue weighted by Gasteiger charge is -2.02. The minimum absolute atomic E-state index is 0.233. The van der Waals surface area contributed by atoms with Crippen LogP contribution in [-0.4, -0.2) is 9.97 Å². The number of halogens is 1. The molecule has 3 aromatic rings. The van der Waals surface area contributed by atoms with E-state index in [1.807, 2.05) is 18.2 Å². The van der Waals surface area contributed by atoms with Gasteiger partial charge in [-0.3, -0.25) is 0 Å². The standard InChI is InChI=1S/C14H13FN4/c15-10-3-1-9(2-4-10)8-17-14-18-12-6-5-11(16)7-13(12)19-14/h1-7H,8,16H2,(H2,17,18,19). The molecule has 0 radical (unpaired) electrons.